The van der Waals surface area contributed by atoms with Crippen molar-refractivity contribution in [2.75, 3.05) is 0 Å². The summed E-state index contributed by atoms with van der Waals surface area (Å²) in [4.78, 5) is 22.6. The van der Waals surface area contributed by atoms with Gasteiger partial charge in [-0.1, -0.05) is 24.3 Å². The Morgan fingerprint density at radius 3 is 2.30 bits per heavy atom. The largest absolute Gasteiger partial charge is 0.479 e. The molecule has 1 heterocycles. The number of carbonyl (C=O) groups is 2. The maximum absolute atomic E-state index is 11.8. The second-order valence-electron chi connectivity index (χ2n) is 4.72. The van der Waals surface area contributed by atoms with E-state index in [4.69, 9.17) is 14.9 Å². The smallest absolute Gasteiger partial charge is 0.332 e. The number of carboxylic acid groups (broad SMARTS) is 1. The number of nitrogens with one attached hydrogen (secondary N) is 1. The van der Waals surface area contributed by atoms with Gasteiger partial charge in [-0.25, -0.2) is 4.79 Å². The van der Waals surface area contributed by atoms with Crippen molar-refractivity contribution >= 4 is 11.9 Å². The van der Waals surface area contributed by atoms with Gasteiger partial charge in [0, 0.05) is 6.54 Å². The topological polar surface area (TPSA) is 95.9 Å². The highest BCUT2D eigenvalue weighted by molar-refractivity contribution is 5.82. The SMILES string of the molecule is O=C(O)C1CCC(C(=O)NCc2ccc(CO)cc2)O1. The third-order valence-corrected chi connectivity index (χ3v) is 3.26. The molecule has 0 radical (unpaired) electrons. The maximum Gasteiger partial charge on any atom is 0.332 e. The zero-order valence-electron chi connectivity index (χ0n) is 10.9. The normalized spacial score (nSPS) is 21.6. The number of hydrogen-bond acceptors (Lipinski definition) is 4. The number of aliphatic hydroxyl groups is 1. The molecule has 20 heavy (non-hydrogen) atoms. The minimum absolute atomic E-state index is 0.0148. The fraction of sp³-hybridized carbons (Fsp3) is 0.429. The van der Waals surface area contributed by atoms with Crippen molar-refractivity contribution in [2.45, 2.75) is 38.2 Å². The molecule has 108 valence electrons. The fourth-order valence-corrected chi connectivity index (χ4v) is 2.08. The molecule has 2 atom stereocenters. The predicted octanol–water partition coefficient (Wildman–Crippen LogP) is 0.427. The molecule has 1 aliphatic heterocycles. The standard InChI is InChI=1S/C14H17NO5/c16-8-10-3-1-9(2-4-10)7-15-13(17)11-5-6-12(20-11)14(18)19/h1-4,11-12,16H,5-8H2,(H,15,17)(H,18,19). The second-order valence-corrected chi connectivity index (χ2v) is 4.72. The van der Waals surface area contributed by atoms with E-state index in [-0.39, 0.29) is 12.5 Å². The summed E-state index contributed by atoms with van der Waals surface area (Å²) in [5.41, 5.74) is 1.71. The van der Waals surface area contributed by atoms with Crippen LogP contribution < -0.4 is 5.32 Å². The number of aliphatic carboxylic acids is 1. The van der Waals surface area contributed by atoms with Crippen molar-refractivity contribution in [3.05, 3.63) is 35.4 Å². The summed E-state index contributed by atoms with van der Waals surface area (Å²) < 4.78 is 5.16. The van der Waals surface area contributed by atoms with Crippen LogP contribution in [-0.4, -0.2) is 34.3 Å². The van der Waals surface area contributed by atoms with Crippen molar-refractivity contribution in [2.24, 2.45) is 0 Å². The first-order valence-corrected chi connectivity index (χ1v) is 6.45. The Balaban J connectivity index is 1.81. The van der Waals surface area contributed by atoms with Crippen LogP contribution in [0, 0.1) is 0 Å². The molecule has 1 aromatic carbocycles. The van der Waals surface area contributed by atoms with Gasteiger partial charge in [-0.05, 0) is 24.0 Å². The van der Waals surface area contributed by atoms with Gasteiger partial charge in [0.15, 0.2) is 6.10 Å². The molecule has 1 aromatic rings. The third kappa shape index (κ3) is 3.55. The van der Waals surface area contributed by atoms with Crippen LogP contribution in [-0.2, 0) is 27.5 Å². The molecule has 2 rings (SSSR count). The maximum atomic E-state index is 11.8. The van der Waals surface area contributed by atoms with E-state index in [2.05, 4.69) is 5.32 Å². The Labute approximate surface area is 116 Å². The summed E-state index contributed by atoms with van der Waals surface area (Å²) in [6.45, 7) is 0.335. The first-order chi connectivity index (χ1) is 9.60. The van der Waals surface area contributed by atoms with Gasteiger partial charge >= 0.3 is 5.97 Å². The molecular weight excluding hydrogens is 262 g/mol. The van der Waals surface area contributed by atoms with E-state index < -0.39 is 18.2 Å². The summed E-state index contributed by atoms with van der Waals surface area (Å²) in [5, 5.41) is 20.4. The molecule has 0 aliphatic carbocycles. The van der Waals surface area contributed by atoms with Gasteiger partial charge in [-0.15, -0.1) is 0 Å². The lowest BCUT2D eigenvalue weighted by Gasteiger charge is -2.12. The Hall–Kier alpha value is -1.92. The molecule has 0 aromatic heterocycles. The summed E-state index contributed by atoms with van der Waals surface area (Å²) in [6, 6.07) is 7.21. The number of rotatable bonds is 5. The minimum atomic E-state index is -1.03. The first-order valence-electron chi connectivity index (χ1n) is 6.45. The van der Waals surface area contributed by atoms with Crippen LogP contribution in [0.5, 0.6) is 0 Å². The molecule has 1 aliphatic rings. The molecule has 3 N–H and O–H groups in total. The molecule has 0 saturated carbocycles. The Bertz CT molecular complexity index is 485. The summed E-state index contributed by atoms with van der Waals surface area (Å²) in [6.07, 6.45) is -0.785. The van der Waals surface area contributed by atoms with Crippen LogP contribution in [0.3, 0.4) is 0 Å². The Kier molecular flexibility index (Phi) is 4.70. The van der Waals surface area contributed by atoms with E-state index >= 15 is 0 Å². The molecule has 6 nitrogen and oxygen atoms in total. The van der Waals surface area contributed by atoms with Crippen LogP contribution in [0.4, 0.5) is 0 Å². The molecule has 0 bridgehead atoms. The second kappa shape index (κ2) is 6.49. The van der Waals surface area contributed by atoms with Gasteiger partial charge < -0.3 is 20.3 Å². The monoisotopic (exact) mass is 279 g/mol. The number of aliphatic hydroxyl groups excluding tert-OH is 1. The van der Waals surface area contributed by atoms with Gasteiger partial charge in [0.05, 0.1) is 6.61 Å². The lowest BCUT2D eigenvalue weighted by molar-refractivity contribution is -0.151. The number of hydrogen-bond donors (Lipinski definition) is 3. The summed E-state index contributed by atoms with van der Waals surface area (Å²) >= 11 is 0. The van der Waals surface area contributed by atoms with E-state index in [0.29, 0.717) is 19.4 Å². The van der Waals surface area contributed by atoms with Crippen LogP contribution in [0.2, 0.25) is 0 Å². The summed E-state index contributed by atoms with van der Waals surface area (Å²) in [5.74, 6) is -1.32. The Morgan fingerprint density at radius 2 is 1.75 bits per heavy atom. The highest BCUT2D eigenvalue weighted by Gasteiger charge is 2.34. The van der Waals surface area contributed by atoms with Crippen molar-refractivity contribution in [1.82, 2.24) is 5.32 Å². The first kappa shape index (κ1) is 14.5. The lowest BCUT2D eigenvalue weighted by atomic mass is 10.1. The number of carboxylic acids is 1. The Morgan fingerprint density at radius 1 is 1.15 bits per heavy atom. The molecular formula is C14H17NO5. The number of amides is 1. The van der Waals surface area contributed by atoms with Gasteiger partial charge in [-0.3, -0.25) is 4.79 Å². The molecule has 6 heteroatoms. The number of benzene rings is 1. The van der Waals surface area contributed by atoms with Crippen molar-refractivity contribution < 1.29 is 24.5 Å². The minimum Gasteiger partial charge on any atom is -0.479 e. The zero-order chi connectivity index (χ0) is 14.5. The van der Waals surface area contributed by atoms with Gasteiger partial charge in [0.25, 0.3) is 0 Å². The van der Waals surface area contributed by atoms with Gasteiger partial charge in [0.1, 0.15) is 6.10 Å². The van der Waals surface area contributed by atoms with Crippen molar-refractivity contribution in [3.63, 3.8) is 0 Å². The van der Waals surface area contributed by atoms with Crippen LogP contribution in [0.15, 0.2) is 24.3 Å². The average Bonchev–Trinajstić information content (AvgIpc) is 2.95. The highest BCUT2D eigenvalue weighted by Crippen LogP contribution is 2.20. The summed E-state index contributed by atoms with van der Waals surface area (Å²) in [7, 11) is 0. The number of ether oxygens (including phenoxy) is 1. The molecule has 0 spiro atoms. The highest BCUT2D eigenvalue weighted by atomic mass is 16.5. The van der Waals surface area contributed by atoms with Crippen LogP contribution in [0.25, 0.3) is 0 Å². The van der Waals surface area contributed by atoms with Crippen LogP contribution in [0.1, 0.15) is 24.0 Å². The van der Waals surface area contributed by atoms with Gasteiger partial charge in [-0.2, -0.15) is 0 Å². The number of carbonyl (C=O) groups excluding carboxylic acids is 1. The van der Waals surface area contributed by atoms with Crippen molar-refractivity contribution in [3.8, 4) is 0 Å². The predicted molar refractivity (Wildman–Crippen MR) is 69.7 cm³/mol. The van der Waals surface area contributed by atoms with Crippen LogP contribution >= 0.6 is 0 Å². The van der Waals surface area contributed by atoms with E-state index in [1.807, 2.05) is 12.1 Å². The fourth-order valence-electron chi connectivity index (χ4n) is 2.08. The van der Waals surface area contributed by atoms with E-state index in [1.165, 1.54) is 0 Å². The zero-order valence-corrected chi connectivity index (χ0v) is 10.9. The lowest BCUT2D eigenvalue weighted by Crippen LogP contribution is -2.35. The quantitative estimate of drug-likeness (QED) is 0.726. The molecule has 1 fully saturated rings. The average molecular weight is 279 g/mol. The van der Waals surface area contributed by atoms with E-state index in [1.54, 1.807) is 12.1 Å². The molecule has 1 saturated heterocycles. The van der Waals surface area contributed by atoms with Crippen molar-refractivity contribution in [1.29, 1.82) is 0 Å². The van der Waals surface area contributed by atoms with E-state index in [9.17, 15) is 9.59 Å². The molecule has 1 amide bonds. The molecule has 2 unspecified atom stereocenters. The van der Waals surface area contributed by atoms with Gasteiger partial charge in [0.2, 0.25) is 5.91 Å². The van der Waals surface area contributed by atoms with E-state index in [0.717, 1.165) is 11.1 Å². The third-order valence-electron chi connectivity index (χ3n) is 3.26.